The quantitative estimate of drug-likeness (QED) is 0.0699. The summed E-state index contributed by atoms with van der Waals surface area (Å²) >= 11 is 0. The summed E-state index contributed by atoms with van der Waals surface area (Å²) in [6.45, 7) is 4.44. The number of rotatable bonds is 18. The number of aromatic carboxylic acids is 1. The minimum Gasteiger partial charge on any atom is -0.477 e. The number of hydrogen-bond donors (Lipinski definition) is 5. The molecule has 2 aromatic heterocycles. The van der Waals surface area contributed by atoms with Gasteiger partial charge in [0.2, 0.25) is 5.43 Å². The van der Waals surface area contributed by atoms with Crippen LogP contribution in [0.25, 0.3) is 10.9 Å². The number of carboxylic acids is 1. The Bertz CT molecular complexity index is 2470. The van der Waals surface area contributed by atoms with E-state index < -0.39 is 41.0 Å². The van der Waals surface area contributed by atoms with Crippen molar-refractivity contribution in [3.63, 3.8) is 0 Å². The summed E-state index contributed by atoms with van der Waals surface area (Å²) in [5.74, 6) is -1.79. The van der Waals surface area contributed by atoms with Crippen molar-refractivity contribution in [2.45, 2.75) is 64.4 Å². The molecule has 2 atom stereocenters. The van der Waals surface area contributed by atoms with Crippen LogP contribution in [0.5, 0.6) is 0 Å². The third-order valence-electron chi connectivity index (χ3n) is 11.3. The number of anilines is 2. The van der Waals surface area contributed by atoms with Gasteiger partial charge in [0.25, 0.3) is 0 Å². The van der Waals surface area contributed by atoms with E-state index in [0.29, 0.717) is 56.8 Å². The number of urea groups is 1. The number of ether oxygens (including phenoxy) is 2. The molecule has 1 aliphatic carbocycles. The van der Waals surface area contributed by atoms with E-state index in [1.54, 1.807) is 32.0 Å². The van der Waals surface area contributed by atoms with Crippen molar-refractivity contribution in [3.8, 4) is 0 Å². The Labute approximate surface area is 362 Å². The lowest BCUT2D eigenvalue weighted by Gasteiger charge is -2.35. The van der Waals surface area contributed by atoms with Crippen molar-refractivity contribution in [1.82, 2.24) is 35.1 Å². The van der Waals surface area contributed by atoms with E-state index in [2.05, 4.69) is 26.3 Å². The molecular weight excluding hydrogens is 816 g/mol. The number of nitrogens with one attached hydrogen (secondary N) is 3. The number of amides is 4. The van der Waals surface area contributed by atoms with Crippen molar-refractivity contribution in [2.24, 2.45) is 11.7 Å². The molecule has 3 aromatic carbocycles. The lowest BCUT2D eigenvalue weighted by molar-refractivity contribution is 0.0694. The number of alkyl carbamates (subject to hydrolysis) is 1. The molecule has 3 heterocycles. The van der Waals surface area contributed by atoms with Crippen LogP contribution in [0.4, 0.5) is 30.1 Å². The third-order valence-corrected chi connectivity index (χ3v) is 11.3. The predicted octanol–water partition coefficient (Wildman–Crippen LogP) is 5.39. The van der Waals surface area contributed by atoms with Crippen molar-refractivity contribution in [2.75, 3.05) is 49.5 Å². The summed E-state index contributed by atoms with van der Waals surface area (Å²) in [6, 6.07) is 18.5. The van der Waals surface area contributed by atoms with Gasteiger partial charge in [-0.3, -0.25) is 4.79 Å². The largest absolute Gasteiger partial charge is 0.477 e. The fourth-order valence-electron chi connectivity index (χ4n) is 7.62. The Balaban J connectivity index is 0.910. The fourth-order valence-corrected chi connectivity index (χ4v) is 7.62. The first-order valence-electron chi connectivity index (χ1n) is 21.0. The number of carboxylic acid groups (broad SMARTS) is 1. The second kappa shape index (κ2) is 20.1. The fraction of sp³-hybridized carbons (Fsp3) is 0.386. The summed E-state index contributed by atoms with van der Waals surface area (Å²) < 4.78 is 29.8. The normalized spacial score (nSPS) is 14.8. The average Bonchev–Trinajstić information content (AvgIpc) is 4.02. The van der Waals surface area contributed by atoms with Crippen LogP contribution in [0.2, 0.25) is 0 Å². The number of halogens is 1. The highest BCUT2D eigenvalue weighted by Gasteiger charge is 2.36. The van der Waals surface area contributed by atoms with E-state index in [1.807, 2.05) is 60.8 Å². The number of carbonyl (C=O) groups is 4. The van der Waals surface area contributed by atoms with E-state index in [1.165, 1.54) is 6.20 Å². The van der Waals surface area contributed by atoms with Gasteiger partial charge in [0, 0.05) is 63.1 Å². The van der Waals surface area contributed by atoms with Gasteiger partial charge in [0.1, 0.15) is 30.3 Å². The van der Waals surface area contributed by atoms with Gasteiger partial charge < -0.3 is 50.6 Å². The molecule has 18 nitrogen and oxygen atoms in total. The molecule has 6 N–H and O–H groups in total. The van der Waals surface area contributed by atoms with Crippen LogP contribution in [-0.2, 0) is 29.2 Å². The number of fused-ring (bicyclic) bond motifs is 1. The second-order valence-corrected chi connectivity index (χ2v) is 15.6. The van der Waals surface area contributed by atoms with Gasteiger partial charge in [0.05, 0.1) is 29.5 Å². The highest BCUT2D eigenvalue weighted by Crippen LogP contribution is 2.40. The van der Waals surface area contributed by atoms with Crippen LogP contribution >= 0.6 is 0 Å². The smallest absolute Gasteiger partial charge is 0.410 e. The molecular formula is C44H51FN10O8. The predicted molar refractivity (Wildman–Crippen MR) is 231 cm³/mol. The lowest BCUT2D eigenvalue weighted by Crippen LogP contribution is -2.49. The molecule has 4 amide bonds. The maximum atomic E-state index is 15.4. The van der Waals surface area contributed by atoms with Crippen molar-refractivity contribution in [3.05, 3.63) is 118 Å². The van der Waals surface area contributed by atoms with Gasteiger partial charge in [-0.1, -0.05) is 47.7 Å². The molecule has 1 saturated heterocycles. The zero-order valence-electron chi connectivity index (χ0n) is 34.9. The number of hydrogen-bond acceptors (Lipinski definition) is 11. The van der Waals surface area contributed by atoms with Crippen LogP contribution in [0.15, 0.2) is 83.9 Å². The number of nitrogens with two attached hydrogens (primary N) is 1. The van der Waals surface area contributed by atoms with Crippen LogP contribution in [-0.4, -0.2) is 93.0 Å². The maximum absolute atomic E-state index is 15.4. The number of primary amides is 1. The minimum absolute atomic E-state index is 0.00615. The Morgan fingerprint density at radius 2 is 1.67 bits per heavy atom. The van der Waals surface area contributed by atoms with Crippen LogP contribution in [0.1, 0.15) is 71.9 Å². The Morgan fingerprint density at radius 3 is 2.35 bits per heavy atom. The summed E-state index contributed by atoms with van der Waals surface area (Å²) in [4.78, 5) is 64.8. The number of nitrogens with zero attached hydrogens (tertiary/aromatic N) is 6. The Hall–Kier alpha value is -7.18. The average molecular weight is 867 g/mol. The highest BCUT2D eigenvalue weighted by atomic mass is 19.1. The van der Waals surface area contributed by atoms with E-state index in [9.17, 15) is 29.1 Å². The first-order chi connectivity index (χ1) is 30.5. The van der Waals surface area contributed by atoms with E-state index >= 15 is 4.39 Å². The second-order valence-electron chi connectivity index (χ2n) is 15.6. The highest BCUT2D eigenvalue weighted by molar-refractivity contribution is 5.93. The molecule has 2 fully saturated rings. The van der Waals surface area contributed by atoms with Crippen LogP contribution in [0, 0.1) is 11.7 Å². The maximum Gasteiger partial charge on any atom is 0.410 e. The topological polar surface area (TPSA) is 228 Å². The summed E-state index contributed by atoms with van der Waals surface area (Å²) in [5.41, 5.74) is 7.92. The number of pyridine rings is 1. The molecule has 0 bridgehead atoms. The molecule has 63 heavy (non-hydrogen) atoms. The third kappa shape index (κ3) is 11.2. The SMILES string of the molecule is CCn1cc(C(=O)O)c(=O)c2cc(F)c(N3CCN(C(=O)OCc4ccc(NC[C@@H](CCCNC(N)=O)n5cc(C(NC(=O)OCc6ccccc6)C6CC6)nn5)cc4)CC3)cc21. The van der Waals surface area contributed by atoms with Crippen LogP contribution in [0.3, 0.4) is 0 Å². The zero-order chi connectivity index (χ0) is 44.5. The Kier molecular flexibility index (Phi) is 14.0. The summed E-state index contributed by atoms with van der Waals surface area (Å²) in [7, 11) is 0. The molecule has 5 aromatic rings. The zero-order valence-corrected chi connectivity index (χ0v) is 34.9. The van der Waals surface area contributed by atoms with E-state index in [-0.39, 0.29) is 55.4 Å². The number of aryl methyl sites for hydroxylation is 1. The molecule has 1 unspecified atom stereocenters. The molecule has 332 valence electrons. The van der Waals surface area contributed by atoms with Gasteiger partial charge >= 0.3 is 24.2 Å². The van der Waals surface area contributed by atoms with Crippen LogP contribution < -0.4 is 32.0 Å². The molecule has 2 aliphatic rings. The lowest BCUT2D eigenvalue weighted by atomic mass is 10.1. The molecule has 0 spiro atoms. The molecule has 1 aliphatic heterocycles. The first-order valence-corrected chi connectivity index (χ1v) is 21.0. The molecule has 0 radical (unpaired) electrons. The first kappa shape index (κ1) is 43.9. The standard InChI is InChI=1S/C44H51FN10O8/c1-2-52-24-34(41(57)58)40(56)33-21-35(45)38(22-37(33)52)53-17-19-54(20-18-53)44(61)63-27-29-10-14-31(15-11-29)48-23-32(9-6-16-47-42(46)59)55-25-36(50-51-55)39(30-12-13-30)49-43(60)62-26-28-7-4-3-5-8-28/h3-5,7-8,10-11,14-15,21-22,24-25,30,32,39,48H,2,6,9,12-13,16-20,23,26-27H2,1H3,(H,49,60)(H,57,58)(H3,46,47,59)/t32-,39?/m1/s1. The summed E-state index contributed by atoms with van der Waals surface area (Å²) in [5, 5.41) is 27.4. The molecule has 7 rings (SSSR count). The number of carbonyl (C=O) groups excluding carboxylic acids is 3. The Morgan fingerprint density at radius 1 is 0.952 bits per heavy atom. The van der Waals surface area contributed by atoms with Gasteiger partial charge in [-0.15, -0.1) is 5.10 Å². The minimum atomic E-state index is -1.37. The van der Waals surface area contributed by atoms with Gasteiger partial charge in [0.15, 0.2) is 0 Å². The number of benzene rings is 3. The van der Waals surface area contributed by atoms with Crippen molar-refractivity contribution >= 4 is 46.5 Å². The van der Waals surface area contributed by atoms with Gasteiger partial charge in [-0.05, 0) is 73.9 Å². The molecule has 1 saturated carbocycles. The van der Waals surface area contributed by atoms with Gasteiger partial charge in [-0.2, -0.15) is 0 Å². The van der Waals surface area contributed by atoms with E-state index in [4.69, 9.17) is 15.2 Å². The summed E-state index contributed by atoms with van der Waals surface area (Å²) in [6.07, 6.45) is 5.26. The van der Waals surface area contributed by atoms with E-state index in [0.717, 1.165) is 35.7 Å². The van der Waals surface area contributed by atoms with Gasteiger partial charge in [-0.25, -0.2) is 28.3 Å². The van der Waals surface area contributed by atoms with Crippen molar-refractivity contribution < 1.29 is 38.1 Å². The monoisotopic (exact) mass is 866 g/mol. The van der Waals surface area contributed by atoms with Crippen molar-refractivity contribution in [1.29, 1.82) is 0 Å². The number of piperazine rings is 1. The molecule has 19 heteroatoms. The number of aromatic nitrogens is 4.